The van der Waals surface area contributed by atoms with Crippen LogP contribution in [0.1, 0.15) is 53.2 Å². The fraction of sp³-hybridized carbons (Fsp3) is 0.389. The summed E-state index contributed by atoms with van der Waals surface area (Å²) >= 11 is 0. The number of ketones is 1. The van der Waals surface area contributed by atoms with Crippen LogP contribution in [0.15, 0.2) is 36.4 Å². The van der Waals surface area contributed by atoms with Gasteiger partial charge in [0, 0.05) is 25.9 Å². The number of nitrogens with one attached hydrogen (secondary N) is 1. The normalized spacial score (nSPS) is 19.8. The Morgan fingerprint density at radius 3 is 2.57 bits per heavy atom. The highest BCUT2D eigenvalue weighted by molar-refractivity contribution is 5.97. The topological polar surface area (TPSA) is 66.1 Å². The summed E-state index contributed by atoms with van der Waals surface area (Å²) in [6, 6.07) is 11.8. The van der Waals surface area contributed by atoms with Gasteiger partial charge >= 0.3 is 0 Å². The minimum absolute atomic E-state index is 0.000437. The number of nitrogens with zero attached hydrogens (tertiary/aromatic N) is 2. The molecule has 23 heavy (non-hydrogen) atoms. The molecule has 2 heterocycles. The van der Waals surface area contributed by atoms with Gasteiger partial charge in [0.25, 0.3) is 5.91 Å². The first-order chi connectivity index (χ1) is 10.9. The van der Waals surface area contributed by atoms with Crippen LogP contribution in [0, 0.1) is 5.41 Å². The number of likely N-dealkylation sites (tertiary alicyclic amines) is 1. The molecule has 0 bridgehead atoms. The molecule has 0 radical (unpaired) electrons. The van der Waals surface area contributed by atoms with Crippen LogP contribution in [0.3, 0.4) is 0 Å². The van der Waals surface area contributed by atoms with Gasteiger partial charge in [-0.1, -0.05) is 44.2 Å². The van der Waals surface area contributed by atoms with Crippen LogP contribution in [0.4, 0.5) is 0 Å². The SMILES string of the molecule is CC(=O)c1cc(C(=O)N2C[C@H](c3ccccc3)C(C)(C)C2)[nH]n1. The van der Waals surface area contributed by atoms with E-state index in [2.05, 4.69) is 36.2 Å². The van der Waals surface area contributed by atoms with E-state index < -0.39 is 0 Å². The molecule has 1 aromatic heterocycles. The molecule has 1 amide bonds. The molecule has 0 unspecified atom stereocenters. The van der Waals surface area contributed by atoms with Gasteiger partial charge in [-0.15, -0.1) is 0 Å². The molecule has 120 valence electrons. The third-order valence-corrected chi connectivity index (χ3v) is 4.60. The zero-order valence-corrected chi connectivity index (χ0v) is 13.7. The second kappa shape index (κ2) is 5.65. The fourth-order valence-electron chi connectivity index (χ4n) is 3.31. The van der Waals surface area contributed by atoms with Crippen molar-refractivity contribution in [2.45, 2.75) is 26.7 Å². The van der Waals surface area contributed by atoms with Gasteiger partial charge in [0.1, 0.15) is 11.4 Å². The Morgan fingerprint density at radius 1 is 1.26 bits per heavy atom. The van der Waals surface area contributed by atoms with Gasteiger partial charge in [-0.05, 0) is 17.0 Å². The van der Waals surface area contributed by atoms with Crippen molar-refractivity contribution in [3.8, 4) is 0 Å². The van der Waals surface area contributed by atoms with Gasteiger partial charge in [0.2, 0.25) is 0 Å². The predicted octanol–water partition coefficient (Wildman–Crippen LogP) is 2.88. The molecule has 1 aliphatic rings. The molecule has 1 aliphatic heterocycles. The quantitative estimate of drug-likeness (QED) is 0.886. The summed E-state index contributed by atoms with van der Waals surface area (Å²) < 4.78 is 0. The molecule has 1 fully saturated rings. The van der Waals surface area contributed by atoms with Crippen molar-refractivity contribution in [2.75, 3.05) is 13.1 Å². The molecule has 5 nitrogen and oxygen atoms in total. The van der Waals surface area contributed by atoms with Crippen LogP contribution in [-0.4, -0.2) is 39.9 Å². The number of amides is 1. The highest BCUT2D eigenvalue weighted by Gasteiger charge is 2.42. The van der Waals surface area contributed by atoms with E-state index in [0.717, 1.165) is 0 Å². The number of carbonyl (C=O) groups is 2. The zero-order valence-electron chi connectivity index (χ0n) is 13.7. The molecule has 1 saturated heterocycles. The van der Waals surface area contributed by atoms with Gasteiger partial charge in [-0.3, -0.25) is 14.7 Å². The number of aromatic amines is 1. The molecule has 1 atom stereocenters. The number of benzene rings is 1. The Balaban J connectivity index is 1.82. The van der Waals surface area contributed by atoms with Gasteiger partial charge in [0.05, 0.1) is 0 Å². The minimum atomic E-state index is -0.149. The first-order valence-electron chi connectivity index (χ1n) is 7.79. The molecule has 1 N–H and O–H groups in total. The standard InChI is InChI=1S/C18H21N3O2/c1-12(22)15-9-16(20-19-15)17(23)21-10-14(18(2,3)11-21)13-7-5-4-6-8-13/h4-9,14H,10-11H2,1-3H3,(H,19,20)/t14-/m1/s1. The number of rotatable bonds is 3. The molecule has 2 aromatic rings. The lowest BCUT2D eigenvalue weighted by Crippen LogP contribution is -2.30. The van der Waals surface area contributed by atoms with Crippen LogP contribution >= 0.6 is 0 Å². The van der Waals surface area contributed by atoms with Gasteiger partial charge in [0.15, 0.2) is 5.78 Å². The first kappa shape index (κ1) is 15.5. The zero-order chi connectivity index (χ0) is 16.6. The number of Topliss-reactive ketones (excluding diaryl/α,β-unsaturated/α-hetero) is 1. The summed E-state index contributed by atoms with van der Waals surface area (Å²) in [6.07, 6.45) is 0. The lowest BCUT2D eigenvalue weighted by atomic mass is 9.78. The molecule has 0 saturated carbocycles. The average molecular weight is 311 g/mol. The average Bonchev–Trinajstić information content (AvgIpc) is 3.12. The van der Waals surface area contributed by atoms with Crippen LogP contribution in [-0.2, 0) is 0 Å². The third-order valence-electron chi connectivity index (χ3n) is 4.60. The van der Waals surface area contributed by atoms with Crippen molar-refractivity contribution >= 4 is 11.7 Å². The van der Waals surface area contributed by atoms with E-state index in [1.807, 2.05) is 23.1 Å². The second-order valence-corrected chi connectivity index (χ2v) is 6.86. The lowest BCUT2D eigenvalue weighted by Gasteiger charge is -2.25. The Morgan fingerprint density at radius 2 is 1.96 bits per heavy atom. The van der Waals surface area contributed by atoms with Crippen molar-refractivity contribution in [2.24, 2.45) is 5.41 Å². The van der Waals surface area contributed by atoms with E-state index >= 15 is 0 Å². The van der Waals surface area contributed by atoms with Crippen LogP contribution < -0.4 is 0 Å². The van der Waals surface area contributed by atoms with E-state index in [-0.39, 0.29) is 17.1 Å². The van der Waals surface area contributed by atoms with E-state index in [0.29, 0.717) is 30.4 Å². The second-order valence-electron chi connectivity index (χ2n) is 6.86. The number of H-pyrrole nitrogens is 1. The highest BCUT2D eigenvalue weighted by Crippen LogP contribution is 2.42. The number of carbonyl (C=O) groups excluding carboxylic acids is 2. The molecule has 0 aliphatic carbocycles. The fourth-order valence-corrected chi connectivity index (χ4v) is 3.31. The Bertz CT molecular complexity index is 734. The van der Waals surface area contributed by atoms with Crippen molar-refractivity contribution in [1.29, 1.82) is 0 Å². The third kappa shape index (κ3) is 2.91. The Hall–Kier alpha value is -2.43. The summed E-state index contributed by atoms with van der Waals surface area (Å²) in [5.74, 6) is 0.0450. The van der Waals surface area contributed by atoms with Gasteiger partial charge < -0.3 is 4.90 Å². The monoisotopic (exact) mass is 311 g/mol. The van der Waals surface area contributed by atoms with E-state index in [4.69, 9.17) is 0 Å². The Kier molecular flexibility index (Phi) is 3.80. The van der Waals surface area contributed by atoms with Crippen molar-refractivity contribution < 1.29 is 9.59 Å². The van der Waals surface area contributed by atoms with Crippen LogP contribution in [0.25, 0.3) is 0 Å². The Labute approximate surface area is 135 Å². The molecule has 5 heteroatoms. The number of hydrogen-bond donors (Lipinski definition) is 1. The smallest absolute Gasteiger partial charge is 0.271 e. The first-order valence-corrected chi connectivity index (χ1v) is 7.79. The van der Waals surface area contributed by atoms with E-state index in [1.165, 1.54) is 18.6 Å². The number of aromatic nitrogens is 2. The molecule has 3 rings (SSSR count). The number of hydrogen-bond acceptors (Lipinski definition) is 3. The van der Waals surface area contributed by atoms with Gasteiger partial charge in [-0.25, -0.2) is 0 Å². The van der Waals surface area contributed by atoms with Crippen molar-refractivity contribution in [1.82, 2.24) is 15.1 Å². The maximum absolute atomic E-state index is 12.7. The molecule has 0 spiro atoms. The van der Waals surface area contributed by atoms with E-state index in [9.17, 15) is 9.59 Å². The van der Waals surface area contributed by atoms with Crippen LogP contribution in [0.2, 0.25) is 0 Å². The maximum atomic E-state index is 12.7. The predicted molar refractivity (Wildman–Crippen MR) is 87.5 cm³/mol. The highest BCUT2D eigenvalue weighted by atomic mass is 16.2. The largest absolute Gasteiger partial charge is 0.336 e. The summed E-state index contributed by atoms with van der Waals surface area (Å²) in [4.78, 5) is 25.9. The van der Waals surface area contributed by atoms with Crippen LogP contribution in [0.5, 0.6) is 0 Å². The van der Waals surface area contributed by atoms with Gasteiger partial charge in [-0.2, -0.15) is 5.10 Å². The molecular weight excluding hydrogens is 290 g/mol. The summed E-state index contributed by atoms with van der Waals surface area (Å²) in [7, 11) is 0. The van der Waals surface area contributed by atoms with Crippen molar-refractivity contribution in [3.63, 3.8) is 0 Å². The maximum Gasteiger partial charge on any atom is 0.271 e. The molecular formula is C18H21N3O2. The lowest BCUT2D eigenvalue weighted by molar-refractivity contribution is 0.0772. The van der Waals surface area contributed by atoms with Crippen molar-refractivity contribution in [3.05, 3.63) is 53.3 Å². The minimum Gasteiger partial charge on any atom is -0.336 e. The van der Waals surface area contributed by atoms with E-state index in [1.54, 1.807) is 0 Å². The summed E-state index contributed by atoms with van der Waals surface area (Å²) in [5.41, 5.74) is 1.92. The summed E-state index contributed by atoms with van der Waals surface area (Å²) in [5, 5.41) is 6.58. The molecule has 1 aromatic carbocycles. The summed E-state index contributed by atoms with van der Waals surface area (Å²) in [6.45, 7) is 7.16.